The maximum Gasteiger partial charge on any atom is 0.144 e. The highest BCUT2D eigenvalue weighted by molar-refractivity contribution is 5.29. The third-order valence-corrected chi connectivity index (χ3v) is 2.95. The van der Waals surface area contributed by atoms with Crippen LogP contribution >= 0.6 is 0 Å². The number of nitrogen functional groups attached to an aromatic ring is 1. The lowest BCUT2D eigenvalue weighted by Crippen LogP contribution is -2.27. The predicted octanol–water partition coefficient (Wildman–Crippen LogP) is 1.36. The first-order valence-electron chi connectivity index (χ1n) is 6.64. The van der Waals surface area contributed by atoms with E-state index >= 15 is 0 Å². The lowest BCUT2D eigenvalue weighted by atomic mass is 10.2. The molecule has 106 valence electrons. The van der Waals surface area contributed by atoms with Gasteiger partial charge in [0.1, 0.15) is 11.6 Å². The van der Waals surface area contributed by atoms with Gasteiger partial charge < -0.3 is 10.8 Å². The average Bonchev–Trinajstić information content (AvgIpc) is 2.39. The van der Waals surface area contributed by atoms with E-state index in [-0.39, 0.29) is 6.61 Å². The Labute approximate surface area is 119 Å². The van der Waals surface area contributed by atoms with Crippen molar-refractivity contribution < 1.29 is 5.11 Å². The minimum atomic E-state index is 0.105. The molecule has 0 saturated heterocycles. The highest BCUT2D eigenvalue weighted by Crippen LogP contribution is 2.09. The van der Waals surface area contributed by atoms with Crippen molar-refractivity contribution in [1.29, 1.82) is 0 Å². The van der Waals surface area contributed by atoms with Gasteiger partial charge in [0.15, 0.2) is 0 Å². The third kappa shape index (κ3) is 4.29. The van der Waals surface area contributed by atoms with E-state index in [4.69, 9.17) is 5.73 Å². The Hall–Kier alpha value is -1.98. The van der Waals surface area contributed by atoms with Gasteiger partial charge in [0.2, 0.25) is 0 Å². The first-order chi connectivity index (χ1) is 9.67. The molecular weight excluding hydrogens is 252 g/mol. The molecule has 2 aromatic rings. The number of aryl methyl sites for hydroxylation is 1. The molecule has 0 aliphatic rings. The van der Waals surface area contributed by atoms with Gasteiger partial charge in [-0.1, -0.05) is 30.3 Å². The van der Waals surface area contributed by atoms with Crippen molar-refractivity contribution in [1.82, 2.24) is 14.9 Å². The summed E-state index contributed by atoms with van der Waals surface area (Å²) >= 11 is 0. The Morgan fingerprint density at radius 3 is 2.55 bits per heavy atom. The van der Waals surface area contributed by atoms with Crippen molar-refractivity contribution in [2.45, 2.75) is 20.0 Å². The van der Waals surface area contributed by atoms with Crippen LogP contribution in [-0.4, -0.2) is 33.1 Å². The summed E-state index contributed by atoms with van der Waals surface area (Å²) in [5.74, 6) is 1.17. The number of anilines is 1. The van der Waals surface area contributed by atoms with Crippen LogP contribution in [0.1, 0.15) is 17.1 Å². The van der Waals surface area contributed by atoms with Gasteiger partial charge in [-0.05, 0) is 12.5 Å². The van der Waals surface area contributed by atoms with Crippen LogP contribution < -0.4 is 5.73 Å². The highest BCUT2D eigenvalue weighted by atomic mass is 16.3. The maximum atomic E-state index is 9.19. The van der Waals surface area contributed by atoms with Gasteiger partial charge in [0, 0.05) is 24.8 Å². The first kappa shape index (κ1) is 14.4. The number of aromatic nitrogens is 2. The quantitative estimate of drug-likeness (QED) is 0.830. The molecular formula is C15H20N4O. The van der Waals surface area contributed by atoms with Gasteiger partial charge in [0.25, 0.3) is 0 Å². The molecule has 0 unspecified atom stereocenters. The summed E-state index contributed by atoms with van der Waals surface area (Å²) in [6.45, 7) is 3.90. The molecule has 0 aliphatic heterocycles. The predicted molar refractivity (Wildman–Crippen MR) is 78.8 cm³/mol. The number of aliphatic hydroxyl groups is 1. The van der Waals surface area contributed by atoms with E-state index in [9.17, 15) is 5.11 Å². The van der Waals surface area contributed by atoms with Gasteiger partial charge >= 0.3 is 0 Å². The zero-order valence-corrected chi connectivity index (χ0v) is 11.7. The molecule has 0 spiro atoms. The number of aliphatic hydroxyl groups excluding tert-OH is 1. The fraction of sp³-hybridized carbons (Fsp3) is 0.333. The van der Waals surface area contributed by atoms with E-state index in [1.165, 1.54) is 5.56 Å². The Balaban J connectivity index is 2.08. The van der Waals surface area contributed by atoms with Crippen LogP contribution in [0.5, 0.6) is 0 Å². The van der Waals surface area contributed by atoms with Crippen LogP contribution in [0.3, 0.4) is 0 Å². The minimum Gasteiger partial charge on any atom is -0.395 e. The summed E-state index contributed by atoms with van der Waals surface area (Å²) in [5.41, 5.74) is 7.80. The number of benzene rings is 1. The van der Waals surface area contributed by atoms with Crippen molar-refractivity contribution in [2.75, 3.05) is 18.9 Å². The van der Waals surface area contributed by atoms with Crippen molar-refractivity contribution in [2.24, 2.45) is 0 Å². The fourth-order valence-electron chi connectivity index (χ4n) is 2.12. The second-order valence-corrected chi connectivity index (χ2v) is 4.77. The largest absolute Gasteiger partial charge is 0.395 e. The van der Waals surface area contributed by atoms with Gasteiger partial charge in [-0.15, -0.1) is 0 Å². The van der Waals surface area contributed by atoms with E-state index in [0.29, 0.717) is 24.7 Å². The molecule has 0 amide bonds. The van der Waals surface area contributed by atoms with Crippen molar-refractivity contribution in [3.8, 4) is 0 Å². The van der Waals surface area contributed by atoms with E-state index in [0.717, 1.165) is 12.2 Å². The molecule has 20 heavy (non-hydrogen) atoms. The number of nitrogens with two attached hydrogens (primary N) is 1. The summed E-state index contributed by atoms with van der Waals surface area (Å²) < 4.78 is 0. The highest BCUT2D eigenvalue weighted by Gasteiger charge is 2.09. The van der Waals surface area contributed by atoms with Crippen LogP contribution in [0.15, 0.2) is 36.4 Å². The van der Waals surface area contributed by atoms with Crippen LogP contribution in [-0.2, 0) is 13.1 Å². The topological polar surface area (TPSA) is 75.3 Å². The molecule has 0 fully saturated rings. The Kier molecular flexibility index (Phi) is 5.03. The molecule has 1 aromatic carbocycles. The van der Waals surface area contributed by atoms with Crippen LogP contribution in [0.25, 0.3) is 0 Å². The molecule has 0 radical (unpaired) electrons. The van der Waals surface area contributed by atoms with Crippen molar-refractivity contribution in [3.63, 3.8) is 0 Å². The molecule has 3 N–H and O–H groups in total. The minimum absolute atomic E-state index is 0.105. The average molecular weight is 272 g/mol. The SMILES string of the molecule is Cc1cc(N)nc(CN(CCO)Cc2ccccc2)n1. The first-order valence-corrected chi connectivity index (χ1v) is 6.64. The summed E-state index contributed by atoms with van der Waals surface area (Å²) in [5, 5.41) is 9.19. The fourth-order valence-corrected chi connectivity index (χ4v) is 2.12. The van der Waals surface area contributed by atoms with E-state index < -0.39 is 0 Å². The third-order valence-electron chi connectivity index (χ3n) is 2.95. The lowest BCUT2D eigenvalue weighted by molar-refractivity contribution is 0.181. The molecule has 0 atom stereocenters. The Morgan fingerprint density at radius 1 is 1.15 bits per heavy atom. The number of rotatable bonds is 6. The molecule has 0 bridgehead atoms. The van der Waals surface area contributed by atoms with Crippen LogP contribution in [0.4, 0.5) is 5.82 Å². The molecule has 2 rings (SSSR count). The second kappa shape index (κ2) is 6.98. The summed E-state index contributed by atoms with van der Waals surface area (Å²) in [4.78, 5) is 10.7. The lowest BCUT2D eigenvalue weighted by Gasteiger charge is -2.20. The molecule has 5 nitrogen and oxygen atoms in total. The Bertz CT molecular complexity index is 525. The number of hydrogen-bond acceptors (Lipinski definition) is 5. The summed E-state index contributed by atoms with van der Waals surface area (Å²) in [7, 11) is 0. The zero-order chi connectivity index (χ0) is 14.4. The van der Waals surface area contributed by atoms with Gasteiger partial charge in [-0.25, -0.2) is 9.97 Å². The molecule has 0 aliphatic carbocycles. The maximum absolute atomic E-state index is 9.19. The smallest absolute Gasteiger partial charge is 0.144 e. The van der Waals surface area contributed by atoms with Crippen molar-refractivity contribution >= 4 is 5.82 Å². The standard InChI is InChI=1S/C15H20N4O/c1-12-9-14(16)18-15(17-12)11-19(7-8-20)10-13-5-3-2-4-6-13/h2-6,9,20H,7-8,10-11H2,1H3,(H2,16,17,18). The monoisotopic (exact) mass is 272 g/mol. The van der Waals surface area contributed by atoms with Gasteiger partial charge in [0.05, 0.1) is 13.2 Å². The van der Waals surface area contributed by atoms with Gasteiger partial charge in [-0.2, -0.15) is 0 Å². The Morgan fingerprint density at radius 2 is 1.90 bits per heavy atom. The van der Waals surface area contributed by atoms with Crippen LogP contribution in [0, 0.1) is 6.92 Å². The molecule has 0 saturated carbocycles. The zero-order valence-electron chi connectivity index (χ0n) is 11.7. The van der Waals surface area contributed by atoms with E-state index in [1.54, 1.807) is 6.07 Å². The normalized spacial score (nSPS) is 10.9. The molecule has 1 heterocycles. The summed E-state index contributed by atoms with van der Waals surface area (Å²) in [6.07, 6.45) is 0. The van der Waals surface area contributed by atoms with E-state index in [1.807, 2.05) is 25.1 Å². The van der Waals surface area contributed by atoms with Crippen molar-refractivity contribution in [3.05, 3.63) is 53.5 Å². The summed E-state index contributed by atoms with van der Waals surface area (Å²) in [6, 6.07) is 11.9. The van der Waals surface area contributed by atoms with E-state index in [2.05, 4.69) is 27.0 Å². The molecule has 5 heteroatoms. The van der Waals surface area contributed by atoms with Gasteiger partial charge in [-0.3, -0.25) is 4.90 Å². The molecule has 1 aromatic heterocycles. The number of hydrogen-bond donors (Lipinski definition) is 2. The number of nitrogens with zero attached hydrogens (tertiary/aromatic N) is 3. The van der Waals surface area contributed by atoms with Crippen LogP contribution in [0.2, 0.25) is 0 Å². The second-order valence-electron chi connectivity index (χ2n) is 4.77.